The molecule has 26 heavy (non-hydrogen) atoms. The maximum absolute atomic E-state index is 6.28. The molecule has 5 heteroatoms. The lowest BCUT2D eigenvalue weighted by Gasteiger charge is -2.28. The maximum atomic E-state index is 6.28. The van der Waals surface area contributed by atoms with Crippen LogP contribution in [-0.4, -0.2) is 16.3 Å². The summed E-state index contributed by atoms with van der Waals surface area (Å²) < 4.78 is 17.4. The highest BCUT2D eigenvalue weighted by atomic mass is 79.9. The van der Waals surface area contributed by atoms with Crippen LogP contribution in [0.15, 0.2) is 40.6 Å². The average Bonchev–Trinajstić information content (AvgIpc) is 3.05. The highest BCUT2D eigenvalue weighted by Gasteiger charge is 2.29. The number of nitrogens with zero attached hydrogens (tertiary/aromatic N) is 1. The minimum Gasteiger partial charge on any atom is -0.461 e. The second-order valence-corrected chi connectivity index (χ2v) is 7.90. The van der Waals surface area contributed by atoms with Gasteiger partial charge in [-0.05, 0) is 59.5 Å². The Kier molecular flexibility index (Phi) is 6.20. The molecule has 1 unspecified atom stereocenters. The minimum absolute atomic E-state index is 0.496. The summed E-state index contributed by atoms with van der Waals surface area (Å²) >= 11 is 3.69. The van der Waals surface area contributed by atoms with Crippen molar-refractivity contribution in [3.05, 3.63) is 47.4 Å². The molecule has 0 saturated heterocycles. The summed E-state index contributed by atoms with van der Waals surface area (Å²) in [6, 6.07) is 4.08. The van der Waals surface area contributed by atoms with Gasteiger partial charge < -0.3 is 14.0 Å². The van der Waals surface area contributed by atoms with Crippen molar-refractivity contribution in [1.29, 1.82) is 0 Å². The van der Waals surface area contributed by atoms with Gasteiger partial charge in [-0.3, -0.25) is 0 Å². The van der Waals surface area contributed by atoms with Gasteiger partial charge in [0.05, 0.1) is 5.69 Å². The van der Waals surface area contributed by atoms with Crippen molar-refractivity contribution in [2.24, 2.45) is 0 Å². The van der Waals surface area contributed by atoms with Crippen molar-refractivity contribution in [2.75, 3.05) is 6.61 Å². The average molecular weight is 420 g/mol. The van der Waals surface area contributed by atoms with E-state index in [1.54, 1.807) is 0 Å². The topological polar surface area (TPSA) is 44.5 Å². The smallest absolute Gasteiger partial charge is 0.174 e. The molecule has 0 saturated carbocycles. The Labute approximate surface area is 163 Å². The number of alkyl halides is 1. The van der Waals surface area contributed by atoms with Crippen LogP contribution in [0.4, 0.5) is 0 Å². The summed E-state index contributed by atoms with van der Waals surface area (Å²) in [6.07, 6.45) is 10.4. The number of ether oxygens (including phenoxy) is 2. The van der Waals surface area contributed by atoms with Gasteiger partial charge in [0.1, 0.15) is 16.0 Å². The van der Waals surface area contributed by atoms with Crippen LogP contribution in [0.2, 0.25) is 0 Å². The van der Waals surface area contributed by atoms with Crippen LogP contribution >= 0.6 is 15.9 Å². The molecule has 3 rings (SSSR count). The van der Waals surface area contributed by atoms with Crippen molar-refractivity contribution < 1.29 is 14.0 Å². The second kappa shape index (κ2) is 8.40. The largest absolute Gasteiger partial charge is 0.461 e. The van der Waals surface area contributed by atoms with E-state index >= 15 is 0 Å². The number of allylic oxidation sites excluding steroid dienone is 2. The van der Waals surface area contributed by atoms with E-state index in [-0.39, 0.29) is 0 Å². The zero-order valence-electron chi connectivity index (χ0n) is 15.7. The van der Waals surface area contributed by atoms with Crippen LogP contribution in [0, 0.1) is 0 Å². The molecule has 0 N–H and O–H groups in total. The van der Waals surface area contributed by atoms with E-state index in [0.717, 1.165) is 59.4 Å². The van der Waals surface area contributed by atoms with Crippen molar-refractivity contribution in [3.8, 4) is 5.75 Å². The predicted octanol–water partition coefficient (Wildman–Crippen LogP) is 6.08. The van der Waals surface area contributed by atoms with E-state index in [2.05, 4.69) is 41.9 Å². The Morgan fingerprint density at radius 2 is 2.08 bits per heavy atom. The lowest BCUT2D eigenvalue weighted by molar-refractivity contribution is 0.0584. The SMILES string of the molecule is CCCOC1(Br)C=CC=C(Oc2ccc3c(CC)noc3c2CCC)C1. The molecule has 0 amide bonds. The predicted molar refractivity (Wildman–Crippen MR) is 108 cm³/mol. The van der Waals surface area contributed by atoms with Gasteiger partial charge in [0.25, 0.3) is 0 Å². The van der Waals surface area contributed by atoms with Gasteiger partial charge in [0.15, 0.2) is 5.58 Å². The first-order valence-electron chi connectivity index (χ1n) is 9.39. The van der Waals surface area contributed by atoms with Gasteiger partial charge >= 0.3 is 0 Å². The molecule has 0 aliphatic heterocycles. The Bertz CT molecular complexity index is 824. The van der Waals surface area contributed by atoms with E-state index in [1.807, 2.05) is 30.4 Å². The van der Waals surface area contributed by atoms with Crippen molar-refractivity contribution >= 4 is 26.9 Å². The standard InChI is InChI=1S/C21H26BrNO3/c1-4-8-17-19(11-10-16-18(6-3)23-26-20(16)17)25-15-9-7-12-21(22,14-15)24-13-5-2/h7,9-12H,4-6,8,13-14H2,1-3H3. The molecule has 0 fully saturated rings. The van der Waals surface area contributed by atoms with Gasteiger partial charge in [0.2, 0.25) is 0 Å². The lowest BCUT2D eigenvalue weighted by Crippen LogP contribution is -2.26. The fourth-order valence-corrected chi connectivity index (χ4v) is 3.76. The van der Waals surface area contributed by atoms with E-state index in [1.165, 1.54) is 0 Å². The number of aryl methyl sites for hydroxylation is 2. The van der Waals surface area contributed by atoms with Crippen LogP contribution in [0.5, 0.6) is 5.75 Å². The highest BCUT2D eigenvalue weighted by molar-refractivity contribution is 9.10. The van der Waals surface area contributed by atoms with Crippen LogP contribution in [0.1, 0.15) is 51.3 Å². The molecule has 1 atom stereocenters. The van der Waals surface area contributed by atoms with Gasteiger partial charge in [0, 0.05) is 24.0 Å². The molecular weight excluding hydrogens is 394 g/mol. The Balaban J connectivity index is 1.87. The summed E-state index contributed by atoms with van der Waals surface area (Å²) in [6.45, 7) is 7.05. The molecular formula is C21H26BrNO3. The highest BCUT2D eigenvalue weighted by Crippen LogP contribution is 2.37. The summed E-state index contributed by atoms with van der Waals surface area (Å²) in [5, 5.41) is 5.30. The third kappa shape index (κ3) is 4.04. The molecule has 4 nitrogen and oxygen atoms in total. The number of hydrogen-bond donors (Lipinski definition) is 0. The monoisotopic (exact) mass is 419 g/mol. The zero-order chi connectivity index (χ0) is 18.6. The zero-order valence-corrected chi connectivity index (χ0v) is 17.3. The maximum Gasteiger partial charge on any atom is 0.174 e. The van der Waals surface area contributed by atoms with Gasteiger partial charge in [-0.25, -0.2) is 0 Å². The first kappa shape index (κ1) is 19.2. The summed E-state index contributed by atoms with van der Waals surface area (Å²) in [5.74, 6) is 1.71. The molecule has 140 valence electrons. The quantitative estimate of drug-likeness (QED) is 0.486. The van der Waals surface area contributed by atoms with Gasteiger partial charge in [-0.15, -0.1) is 0 Å². The number of benzene rings is 1. The molecule has 1 heterocycles. The van der Waals surface area contributed by atoms with E-state index in [0.29, 0.717) is 13.0 Å². The van der Waals surface area contributed by atoms with E-state index in [4.69, 9.17) is 14.0 Å². The molecule has 1 aliphatic carbocycles. The van der Waals surface area contributed by atoms with E-state index < -0.39 is 4.51 Å². The normalized spacial score (nSPS) is 19.8. The molecule has 2 aromatic rings. The van der Waals surface area contributed by atoms with Crippen molar-refractivity contribution in [2.45, 2.75) is 57.4 Å². The number of fused-ring (bicyclic) bond motifs is 1. The molecule has 0 spiro atoms. The lowest BCUT2D eigenvalue weighted by atomic mass is 10.0. The Morgan fingerprint density at radius 1 is 1.23 bits per heavy atom. The number of hydrogen-bond acceptors (Lipinski definition) is 4. The van der Waals surface area contributed by atoms with Crippen molar-refractivity contribution in [1.82, 2.24) is 5.16 Å². The molecule has 1 aromatic heterocycles. The molecule has 0 radical (unpaired) electrons. The third-order valence-electron chi connectivity index (χ3n) is 4.44. The third-order valence-corrected chi connectivity index (χ3v) is 5.21. The Hall–Kier alpha value is -1.59. The van der Waals surface area contributed by atoms with Crippen LogP contribution in [0.25, 0.3) is 11.0 Å². The minimum atomic E-state index is -0.496. The molecule has 1 aliphatic rings. The second-order valence-electron chi connectivity index (χ2n) is 6.56. The summed E-state index contributed by atoms with van der Waals surface area (Å²) in [5.41, 5.74) is 2.93. The molecule has 1 aromatic carbocycles. The van der Waals surface area contributed by atoms with Gasteiger partial charge in [-0.2, -0.15) is 0 Å². The van der Waals surface area contributed by atoms with Crippen LogP contribution < -0.4 is 4.74 Å². The summed E-state index contributed by atoms with van der Waals surface area (Å²) in [7, 11) is 0. The number of halogens is 1. The van der Waals surface area contributed by atoms with Crippen LogP contribution in [0.3, 0.4) is 0 Å². The molecule has 0 bridgehead atoms. The fraction of sp³-hybridized carbons (Fsp3) is 0.476. The van der Waals surface area contributed by atoms with Crippen molar-refractivity contribution in [3.63, 3.8) is 0 Å². The van der Waals surface area contributed by atoms with Crippen LogP contribution in [-0.2, 0) is 17.6 Å². The Morgan fingerprint density at radius 3 is 2.81 bits per heavy atom. The number of rotatable bonds is 8. The van der Waals surface area contributed by atoms with Gasteiger partial charge in [-0.1, -0.05) is 38.4 Å². The first-order chi connectivity index (χ1) is 12.6. The summed E-state index contributed by atoms with van der Waals surface area (Å²) in [4.78, 5) is 0. The number of aromatic nitrogens is 1. The van der Waals surface area contributed by atoms with E-state index in [9.17, 15) is 0 Å². The fourth-order valence-electron chi connectivity index (χ4n) is 3.17. The first-order valence-corrected chi connectivity index (χ1v) is 10.2.